The minimum absolute atomic E-state index is 0.429. The first kappa shape index (κ1) is 15.2. The van der Waals surface area contributed by atoms with Crippen molar-refractivity contribution in [1.82, 2.24) is 4.98 Å². The van der Waals surface area contributed by atoms with Crippen molar-refractivity contribution in [2.24, 2.45) is 0 Å². The summed E-state index contributed by atoms with van der Waals surface area (Å²) < 4.78 is 0. The largest absolute Gasteiger partial charge is 0.384 e. The average molecular weight is 331 g/mol. The number of anilines is 3. The van der Waals surface area contributed by atoms with Crippen LogP contribution in [0.2, 0.25) is 15.1 Å². The molecule has 1 heterocycles. The van der Waals surface area contributed by atoms with E-state index in [1.807, 2.05) is 6.07 Å². The Balaban J connectivity index is 2.19. The lowest BCUT2D eigenvalue weighted by Gasteiger charge is -2.11. The number of halogens is 3. The molecule has 1 aromatic carbocycles. The van der Waals surface area contributed by atoms with Gasteiger partial charge in [0.25, 0.3) is 0 Å². The summed E-state index contributed by atoms with van der Waals surface area (Å²) in [6, 6.07) is 5.26. The van der Waals surface area contributed by atoms with E-state index in [4.69, 9.17) is 34.8 Å². The second-order valence-electron chi connectivity index (χ2n) is 4.26. The number of benzene rings is 1. The van der Waals surface area contributed by atoms with Crippen LogP contribution in [0, 0.1) is 0 Å². The van der Waals surface area contributed by atoms with Gasteiger partial charge in [-0.2, -0.15) is 0 Å². The highest BCUT2D eigenvalue weighted by atomic mass is 35.5. The average Bonchev–Trinajstić information content (AvgIpc) is 2.43. The fourth-order valence-electron chi connectivity index (χ4n) is 1.65. The fourth-order valence-corrected chi connectivity index (χ4v) is 2.24. The molecule has 0 unspecified atom stereocenters. The van der Waals surface area contributed by atoms with E-state index in [1.165, 1.54) is 0 Å². The molecule has 0 atom stereocenters. The molecule has 0 aliphatic rings. The first-order valence-electron chi connectivity index (χ1n) is 6.20. The van der Waals surface area contributed by atoms with Crippen molar-refractivity contribution in [2.45, 2.75) is 13.3 Å². The van der Waals surface area contributed by atoms with E-state index in [0.717, 1.165) is 24.3 Å². The van der Waals surface area contributed by atoms with E-state index >= 15 is 0 Å². The van der Waals surface area contributed by atoms with Gasteiger partial charge in [-0.05, 0) is 24.6 Å². The predicted octanol–water partition coefficient (Wildman–Crippen LogP) is 5.61. The fraction of sp³-hybridized carbons (Fsp3) is 0.214. The highest BCUT2D eigenvalue weighted by Gasteiger charge is 2.06. The zero-order chi connectivity index (χ0) is 14.5. The van der Waals surface area contributed by atoms with Crippen LogP contribution in [0.15, 0.2) is 30.6 Å². The van der Waals surface area contributed by atoms with E-state index in [-0.39, 0.29) is 0 Å². The van der Waals surface area contributed by atoms with Gasteiger partial charge in [-0.1, -0.05) is 41.7 Å². The molecule has 2 rings (SSSR count). The molecule has 0 radical (unpaired) electrons. The molecule has 0 aliphatic heterocycles. The van der Waals surface area contributed by atoms with Gasteiger partial charge >= 0.3 is 0 Å². The Morgan fingerprint density at radius 2 is 1.65 bits per heavy atom. The summed E-state index contributed by atoms with van der Waals surface area (Å²) in [5, 5.41) is 7.84. The Kier molecular flexibility index (Phi) is 5.35. The maximum absolute atomic E-state index is 6.13. The maximum Gasteiger partial charge on any atom is 0.0656 e. The quantitative estimate of drug-likeness (QED) is 0.700. The van der Waals surface area contributed by atoms with E-state index in [1.54, 1.807) is 24.5 Å². The highest BCUT2D eigenvalue weighted by Crippen LogP contribution is 2.34. The Bertz CT molecular complexity index is 602. The minimum Gasteiger partial charge on any atom is -0.384 e. The molecule has 0 spiro atoms. The molecule has 0 fully saturated rings. The number of hydrogen-bond acceptors (Lipinski definition) is 3. The normalized spacial score (nSPS) is 10.4. The summed E-state index contributed by atoms with van der Waals surface area (Å²) in [4.78, 5) is 4.18. The predicted molar refractivity (Wildman–Crippen MR) is 87.8 cm³/mol. The second kappa shape index (κ2) is 7.02. The van der Waals surface area contributed by atoms with Gasteiger partial charge in [-0.3, -0.25) is 4.98 Å². The molecule has 3 nitrogen and oxygen atoms in total. The van der Waals surface area contributed by atoms with Crippen molar-refractivity contribution >= 4 is 51.9 Å². The van der Waals surface area contributed by atoms with Gasteiger partial charge in [0.1, 0.15) is 0 Å². The van der Waals surface area contributed by atoms with E-state index < -0.39 is 0 Å². The highest BCUT2D eigenvalue weighted by molar-refractivity contribution is 6.44. The number of pyridine rings is 1. The van der Waals surface area contributed by atoms with Crippen molar-refractivity contribution in [3.8, 4) is 0 Å². The standard InChI is InChI=1S/C14H14Cl3N3/c1-2-3-19-9-4-10(8-18-7-9)20-14-6-12(16)11(15)5-13(14)17/h4-8,19-20H,2-3H2,1H3. The van der Waals surface area contributed by atoms with Crippen molar-refractivity contribution < 1.29 is 0 Å². The number of nitrogens with one attached hydrogen (secondary N) is 2. The van der Waals surface area contributed by atoms with Crippen molar-refractivity contribution in [3.05, 3.63) is 45.7 Å². The SMILES string of the molecule is CCCNc1cncc(Nc2cc(Cl)c(Cl)cc2Cl)c1. The van der Waals surface area contributed by atoms with Gasteiger partial charge in [-0.25, -0.2) is 0 Å². The summed E-state index contributed by atoms with van der Waals surface area (Å²) in [6.45, 7) is 3.01. The van der Waals surface area contributed by atoms with Gasteiger partial charge in [0, 0.05) is 6.54 Å². The summed E-state index contributed by atoms with van der Waals surface area (Å²) >= 11 is 18.0. The maximum atomic E-state index is 6.13. The third-order valence-corrected chi connectivity index (χ3v) is 3.64. The van der Waals surface area contributed by atoms with Crippen LogP contribution in [0.1, 0.15) is 13.3 Å². The molecule has 0 amide bonds. The molecular formula is C14H14Cl3N3. The molecule has 0 saturated heterocycles. The molecule has 20 heavy (non-hydrogen) atoms. The van der Waals surface area contributed by atoms with Gasteiger partial charge in [0.05, 0.1) is 44.5 Å². The van der Waals surface area contributed by atoms with E-state index in [9.17, 15) is 0 Å². The lowest BCUT2D eigenvalue weighted by atomic mass is 10.3. The van der Waals surface area contributed by atoms with Crippen LogP contribution in [-0.2, 0) is 0 Å². The van der Waals surface area contributed by atoms with Crippen LogP contribution in [0.25, 0.3) is 0 Å². The van der Waals surface area contributed by atoms with Crippen LogP contribution >= 0.6 is 34.8 Å². The van der Waals surface area contributed by atoms with Crippen LogP contribution in [-0.4, -0.2) is 11.5 Å². The van der Waals surface area contributed by atoms with Crippen LogP contribution in [0.3, 0.4) is 0 Å². The number of nitrogens with zero attached hydrogens (tertiary/aromatic N) is 1. The Hall–Kier alpha value is -1.16. The third-order valence-electron chi connectivity index (χ3n) is 2.61. The molecule has 0 saturated carbocycles. The molecule has 2 aromatic rings. The molecule has 106 valence electrons. The summed E-state index contributed by atoms with van der Waals surface area (Å²) in [5.41, 5.74) is 2.47. The van der Waals surface area contributed by atoms with Crippen molar-refractivity contribution in [1.29, 1.82) is 0 Å². The number of hydrogen-bond donors (Lipinski definition) is 2. The van der Waals surface area contributed by atoms with Crippen molar-refractivity contribution in [2.75, 3.05) is 17.2 Å². The minimum atomic E-state index is 0.429. The first-order chi connectivity index (χ1) is 9.60. The van der Waals surface area contributed by atoms with Crippen LogP contribution in [0.5, 0.6) is 0 Å². The summed E-state index contributed by atoms with van der Waals surface area (Å²) in [5.74, 6) is 0. The second-order valence-corrected chi connectivity index (χ2v) is 5.48. The topological polar surface area (TPSA) is 37.0 Å². The summed E-state index contributed by atoms with van der Waals surface area (Å²) in [6.07, 6.45) is 4.55. The van der Waals surface area contributed by atoms with Crippen LogP contribution < -0.4 is 10.6 Å². The molecule has 0 aliphatic carbocycles. The van der Waals surface area contributed by atoms with E-state index in [2.05, 4.69) is 22.5 Å². The summed E-state index contributed by atoms with van der Waals surface area (Å²) in [7, 11) is 0. The third kappa shape index (κ3) is 3.92. The van der Waals surface area contributed by atoms with Gasteiger partial charge in [-0.15, -0.1) is 0 Å². The Morgan fingerprint density at radius 1 is 0.950 bits per heavy atom. The number of rotatable bonds is 5. The number of aromatic nitrogens is 1. The van der Waals surface area contributed by atoms with Gasteiger partial charge in [0.15, 0.2) is 0 Å². The van der Waals surface area contributed by atoms with E-state index in [0.29, 0.717) is 20.8 Å². The lowest BCUT2D eigenvalue weighted by Crippen LogP contribution is -2.01. The zero-order valence-electron chi connectivity index (χ0n) is 10.9. The first-order valence-corrected chi connectivity index (χ1v) is 7.34. The van der Waals surface area contributed by atoms with Gasteiger partial charge < -0.3 is 10.6 Å². The Morgan fingerprint density at radius 3 is 2.40 bits per heavy atom. The van der Waals surface area contributed by atoms with Crippen molar-refractivity contribution in [3.63, 3.8) is 0 Å². The molecule has 0 bridgehead atoms. The molecule has 1 aromatic heterocycles. The monoisotopic (exact) mass is 329 g/mol. The zero-order valence-corrected chi connectivity index (χ0v) is 13.1. The molecule has 6 heteroatoms. The molecular weight excluding hydrogens is 317 g/mol. The smallest absolute Gasteiger partial charge is 0.0656 e. The molecule has 2 N–H and O–H groups in total. The van der Waals surface area contributed by atoms with Gasteiger partial charge in [0.2, 0.25) is 0 Å². The Labute approximate surface area is 133 Å². The lowest BCUT2D eigenvalue weighted by molar-refractivity contribution is 0.978. The van der Waals surface area contributed by atoms with Crippen LogP contribution in [0.4, 0.5) is 17.1 Å².